The maximum absolute atomic E-state index is 12.6. The Hall–Kier alpha value is -2.00. The van der Waals surface area contributed by atoms with E-state index < -0.39 is 10.0 Å². The van der Waals surface area contributed by atoms with Crippen LogP contribution < -0.4 is 14.8 Å². The van der Waals surface area contributed by atoms with Gasteiger partial charge >= 0.3 is 0 Å². The van der Waals surface area contributed by atoms with Gasteiger partial charge in [-0.1, -0.05) is 23.2 Å². The summed E-state index contributed by atoms with van der Waals surface area (Å²) in [5, 5.41) is 2.93. The minimum atomic E-state index is -3.98. The Balaban J connectivity index is 2.19. The number of amides is 1. The molecule has 0 spiro atoms. The number of methoxy groups -OCH3 is 1. The first-order valence-corrected chi connectivity index (χ1v) is 10.5. The monoisotopic (exact) mass is 445 g/mol. The van der Waals surface area contributed by atoms with Crippen molar-refractivity contribution in [1.82, 2.24) is 10.2 Å². The first-order chi connectivity index (χ1) is 13.1. The first kappa shape index (κ1) is 22.3. The number of halogens is 2. The molecule has 0 bridgehead atoms. The average molecular weight is 446 g/mol. The van der Waals surface area contributed by atoms with Gasteiger partial charge in [0, 0.05) is 19.2 Å². The fourth-order valence-electron chi connectivity index (χ4n) is 2.28. The number of carbonyl (C=O) groups is 1. The number of anilines is 1. The minimum absolute atomic E-state index is 0.0521. The molecule has 0 radical (unpaired) electrons. The van der Waals surface area contributed by atoms with Gasteiger partial charge in [0.15, 0.2) is 0 Å². The molecule has 0 aliphatic heterocycles. The third-order valence-corrected chi connectivity index (χ3v) is 5.91. The molecule has 2 aromatic rings. The van der Waals surface area contributed by atoms with Crippen molar-refractivity contribution >= 4 is 44.8 Å². The Morgan fingerprint density at radius 1 is 1.11 bits per heavy atom. The summed E-state index contributed by atoms with van der Waals surface area (Å²) in [5.74, 6) is 0.0182. The molecule has 28 heavy (non-hydrogen) atoms. The number of likely N-dealkylation sites (N-methyl/N-ethyl adjacent to an activating group) is 1. The van der Waals surface area contributed by atoms with Gasteiger partial charge in [-0.3, -0.25) is 9.52 Å². The lowest BCUT2D eigenvalue weighted by Crippen LogP contribution is -2.31. The second-order valence-electron chi connectivity index (χ2n) is 6.16. The topological polar surface area (TPSA) is 87.7 Å². The van der Waals surface area contributed by atoms with Crippen LogP contribution in [0, 0.1) is 0 Å². The molecule has 0 fully saturated rings. The lowest BCUT2D eigenvalue weighted by Gasteiger charge is -2.13. The van der Waals surface area contributed by atoms with Crippen LogP contribution in [0.25, 0.3) is 0 Å². The van der Waals surface area contributed by atoms with E-state index in [9.17, 15) is 13.2 Å². The van der Waals surface area contributed by atoms with Gasteiger partial charge in [0.25, 0.3) is 15.9 Å². The van der Waals surface area contributed by atoms with Gasteiger partial charge in [0.1, 0.15) is 10.6 Å². The quantitative estimate of drug-likeness (QED) is 0.651. The molecule has 152 valence electrons. The van der Waals surface area contributed by atoms with Crippen molar-refractivity contribution in [3.05, 3.63) is 52.0 Å². The van der Waals surface area contributed by atoms with Crippen molar-refractivity contribution in [3.63, 3.8) is 0 Å². The number of hydrogen-bond acceptors (Lipinski definition) is 5. The molecule has 0 heterocycles. The zero-order chi connectivity index (χ0) is 20.9. The van der Waals surface area contributed by atoms with Gasteiger partial charge in [-0.15, -0.1) is 0 Å². The second kappa shape index (κ2) is 9.47. The summed E-state index contributed by atoms with van der Waals surface area (Å²) in [6.45, 7) is 1.15. The van der Waals surface area contributed by atoms with E-state index in [2.05, 4.69) is 10.0 Å². The van der Waals surface area contributed by atoms with E-state index in [1.165, 1.54) is 37.4 Å². The highest BCUT2D eigenvalue weighted by Gasteiger charge is 2.20. The fraction of sp³-hybridized carbons (Fsp3) is 0.278. The standard InChI is InChI=1S/C18H21Cl2N3O4S/c1-23(2)9-8-21-18(24)14-6-4-12(10-16(14)20)22-28(25,26)17-11-13(27-3)5-7-15(17)19/h4-7,10-11,22H,8-9H2,1-3H3,(H,21,24). The lowest BCUT2D eigenvalue weighted by atomic mass is 10.2. The van der Waals surface area contributed by atoms with Crippen molar-refractivity contribution in [2.75, 3.05) is 39.0 Å². The first-order valence-electron chi connectivity index (χ1n) is 8.23. The van der Waals surface area contributed by atoms with E-state index in [-0.39, 0.29) is 32.1 Å². The molecular weight excluding hydrogens is 425 g/mol. The lowest BCUT2D eigenvalue weighted by molar-refractivity contribution is 0.0951. The van der Waals surface area contributed by atoms with E-state index >= 15 is 0 Å². The van der Waals surface area contributed by atoms with Gasteiger partial charge in [-0.05, 0) is 44.4 Å². The van der Waals surface area contributed by atoms with Crippen molar-refractivity contribution in [1.29, 1.82) is 0 Å². The molecule has 0 unspecified atom stereocenters. The third kappa shape index (κ3) is 5.75. The number of carbonyl (C=O) groups excluding carboxylic acids is 1. The molecule has 0 saturated carbocycles. The largest absolute Gasteiger partial charge is 0.497 e. The maximum Gasteiger partial charge on any atom is 0.263 e. The number of rotatable bonds is 8. The number of nitrogens with one attached hydrogen (secondary N) is 2. The Labute approximate surface area is 174 Å². The number of benzene rings is 2. The van der Waals surface area contributed by atoms with Crippen molar-refractivity contribution < 1.29 is 17.9 Å². The minimum Gasteiger partial charge on any atom is -0.497 e. The van der Waals surface area contributed by atoms with Crippen LogP contribution in [-0.4, -0.2) is 53.5 Å². The van der Waals surface area contributed by atoms with Crippen LogP contribution in [-0.2, 0) is 10.0 Å². The van der Waals surface area contributed by atoms with Gasteiger partial charge < -0.3 is 15.0 Å². The molecule has 2 aromatic carbocycles. The summed E-state index contributed by atoms with van der Waals surface area (Å²) in [6.07, 6.45) is 0. The molecular formula is C18H21Cl2N3O4S. The van der Waals surface area contributed by atoms with Crippen LogP contribution >= 0.6 is 23.2 Å². The second-order valence-corrected chi connectivity index (χ2v) is 8.62. The van der Waals surface area contributed by atoms with Gasteiger partial charge in [0.05, 0.1) is 28.4 Å². The van der Waals surface area contributed by atoms with Gasteiger partial charge in [-0.25, -0.2) is 8.42 Å². The van der Waals surface area contributed by atoms with Crippen molar-refractivity contribution in [2.45, 2.75) is 4.90 Å². The smallest absolute Gasteiger partial charge is 0.263 e. The fourth-order valence-corrected chi connectivity index (χ4v) is 4.11. The molecule has 1 amide bonds. The van der Waals surface area contributed by atoms with Crippen LogP contribution in [0.15, 0.2) is 41.3 Å². The number of sulfonamides is 1. The van der Waals surface area contributed by atoms with Gasteiger partial charge in [-0.2, -0.15) is 0 Å². The average Bonchev–Trinajstić information content (AvgIpc) is 2.61. The Bertz CT molecular complexity index is 965. The zero-order valence-electron chi connectivity index (χ0n) is 15.6. The third-order valence-electron chi connectivity index (χ3n) is 3.74. The molecule has 0 saturated heterocycles. The molecule has 0 aliphatic carbocycles. The summed E-state index contributed by atoms with van der Waals surface area (Å²) in [4.78, 5) is 14.0. The summed E-state index contributed by atoms with van der Waals surface area (Å²) in [5.41, 5.74) is 0.455. The van der Waals surface area contributed by atoms with E-state index in [4.69, 9.17) is 27.9 Å². The SMILES string of the molecule is COc1ccc(Cl)c(S(=O)(=O)Nc2ccc(C(=O)NCCN(C)C)c(Cl)c2)c1. The van der Waals surface area contributed by atoms with Gasteiger partial charge in [0.2, 0.25) is 0 Å². The normalized spacial score (nSPS) is 11.4. The number of nitrogens with zero attached hydrogens (tertiary/aromatic N) is 1. The Morgan fingerprint density at radius 3 is 2.43 bits per heavy atom. The summed E-state index contributed by atoms with van der Waals surface area (Å²) >= 11 is 12.2. The van der Waals surface area contributed by atoms with Crippen LogP contribution in [0.4, 0.5) is 5.69 Å². The highest BCUT2D eigenvalue weighted by Crippen LogP contribution is 2.29. The number of ether oxygens (including phenoxy) is 1. The molecule has 0 aromatic heterocycles. The Kier molecular flexibility index (Phi) is 7.54. The van der Waals surface area contributed by atoms with E-state index in [0.29, 0.717) is 18.8 Å². The highest BCUT2D eigenvalue weighted by atomic mass is 35.5. The Morgan fingerprint density at radius 2 is 1.82 bits per heavy atom. The molecule has 2 N–H and O–H groups in total. The summed E-state index contributed by atoms with van der Waals surface area (Å²) in [6, 6.07) is 8.59. The highest BCUT2D eigenvalue weighted by molar-refractivity contribution is 7.92. The van der Waals surface area contributed by atoms with Crippen molar-refractivity contribution in [2.24, 2.45) is 0 Å². The molecule has 0 aliphatic rings. The number of hydrogen-bond donors (Lipinski definition) is 2. The predicted molar refractivity (Wildman–Crippen MR) is 111 cm³/mol. The van der Waals surface area contributed by atoms with Crippen LogP contribution in [0.2, 0.25) is 10.0 Å². The summed E-state index contributed by atoms with van der Waals surface area (Å²) in [7, 11) is 1.24. The molecule has 10 heteroatoms. The van der Waals surface area contributed by atoms with E-state index in [1.807, 2.05) is 19.0 Å². The van der Waals surface area contributed by atoms with E-state index in [0.717, 1.165) is 0 Å². The molecule has 2 rings (SSSR count). The van der Waals surface area contributed by atoms with Crippen LogP contribution in [0.3, 0.4) is 0 Å². The van der Waals surface area contributed by atoms with Crippen molar-refractivity contribution in [3.8, 4) is 5.75 Å². The zero-order valence-corrected chi connectivity index (χ0v) is 18.0. The summed E-state index contributed by atoms with van der Waals surface area (Å²) < 4.78 is 32.7. The van der Waals surface area contributed by atoms with Crippen LogP contribution in [0.1, 0.15) is 10.4 Å². The van der Waals surface area contributed by atoms with E-state index in [1.54, 1.807) is 6.07 Å². The maximum atomic E-state index is 12.6. The predicted octanol–water partition coefficient (Wildman–Crippen LogP) is 3.09. The van der Waals surface area contributed by atoms with Crippen LogP contribution in [0.5, 0.6) is 5.75 Å². The molecule has 7 nitrogen and oxygen atoms in total. The molecule has 0 atom stereocenters.